The fraction of sp³-hybridized carbons (Fsp3) is 0.538. The number of hydrogen-bond donors (Lipinski definition) is 1. The molecule has 1 saturated heterocycles. The molecule has 0 aromatic carbocycles. The number of carbonyl (C=O) groups excluding carboxylic acids is 1. The largest absolute Gasteiger partial charge is 0.369 e. The number of nitrogens with two attached hydrogens (primary N) is 1. The van der Waals surface area contributed by atoms with E-state index in [0.29, 0.717) is 0 Å². The third-order valence-corrected chi connectivity index (χ3v) is 3.34. The maximum absolute atomic E-state index is 11.4. The van der Waals surface area contributed by atoms with Crippen LogP contribution in [0.15, 0.2) is 24.5 Å². The van der Waals surface area contributed by atoms with Gasteiger partial charge in [0, 0.05) is 45.1 Å². The first-order valence-electron chi connectivity index (χ1n) is 6.24. The summed E-state index contributed by atoms with van der Waals surface area (Å²) in [5, 5.41) is 0. The molecule has 2 rings (SSSR count). The Morgan fingerprint density at radius 1 is 1.50 bits per heavy atom. The molecule has 1 aromatic rings. The molecule has 1 aromatic heterocycles. The van der Waals surface area contributed by atoms with Crippen LogP contribution in [0.3, 0.4) is 0 Å². The fourth-order valence-corrected chi connectivity index (χ4v) is 2.31. The Balaban J connectivity index is 2.01. The predicted octanol–water partition coefficient (Wildman–Crippen LogP) is -0.0695. The van der Waals surface area contributed by atoms with Crippen molar-refractivity contribution < 1.29 is 4.79 Å². The van der Waals surface area contributed by atoms with E-state index in [2.05, 4.69) is 20.9 Å². The van der Waals surface area contributed by atoms with Gasteiger partial charge in [-0.3, -0.25) is 14.7 Å². The van der Waals surface area contributed by atoms with Crippen LogP contribution in [0.1, 0.15) is 5.56 Å². The van der Waals surface area contributed by atoms with Crippen molar-refractivity contribution in [3.05, 3.63) is 30.1 Å². The monoisotopic (exact) mass is 248 g/mol. The van der Waals surface area contributed by atoms with E-state index in [1.54, 1.807) is 6.20 Å². The molecule has 2 heterocycles. The summed E-state index contributed by atoms with van der Waals surface area (Å²) >= 11 is 0. The number of primary amides is 1. The zero-order valence-corrected chi connectivity index (χ0v) is 10.7. The number of rotatable bonds is 3. The second-order valence-electron chi connectivity index (χ2n) is 4.96. The molecule has 0 spiro atoms. The van der Waals surface area contributed by atoms with Gasteiger partial charge in [-0.15, -0.1) is 0 Å². The summed E-state index contributed by atoms with van der Waals surface area (Å²) in [6.45, 7) is 4.22. The van der Waals surface area contributed by atoms with Crippen molar-refractivity contribution in [1.82, 2.24) is 14.8 Å². The molecular formula is C13H20N4O. The summed E-state index contributed by atoms with van der Waals surface area (Å²) in [5.74, 6) is -0.297. The Morgan fingerprint density at radius 3 is 3.00 bits per heavy atom. The number of likely N-dealkylation sites (N-methyl/N-ethyl adjacent to an activating group) is 1. The number of nitrogens with zero attached hydrogens (tertiary/aromatic N) is 3. The molecule has 1 atom stereocenters. The fourth-order valence-electron chi connectivity index (χ4n) is 2.31. The van der Waals surface area contributed by atoms with E-state index in [9.17, 15) is 4.79 Å². The van der Waals surface area contributed by atoms with Crippen LogP contribution in [0.2, 0.25) is 0 Å². The average Bonchev–Trinajstić information content (AvgIpc) is 2.53. The van der Waals surface area contributed by atoms with Crippen LogP contribution < -0.4 is 5.73 Å². The van der Waals surface area contributed by atoms with Crippen LogP contribution in [0, 0.1) is 5.92 Å². The van der Waals surface area contributed by atoms with Gasteiger partial charge in [-0.05, 0) is 18.7 Å². The number of pyridine rings is 1. The highest BCUT2D eigenvalue weighted by atomic mass is 16.1. The zero-order valence-electron chi connectivity index (χ0n) is 10.7. The minimum absolute atomic E-state index is 0.0887. The molecule has 1 fully saturated rings. The van der Waals surface area contributed by atoms with Gasteiger partial charge in [0.05, 0.1) is 5.92 Å². The quantitative estimate of drug-likeness (QED) is 0.813. The minimum Gasteiger partial charge on any atom is -0.369 e. The van der Waals surface area contributed by atoms with Gasteiger partial charge in [-0.2, -0.15) is 0 Å². The number of hydrogen-bond acceptors (Lipinski definition) is 4. The highest BCUT2D eigenvalue weighted by molar-refractivity contribution is 5.77. The van der Waals surface area contributed by atoms with E-state index in [4.69, 9.17) is 5.73 Å². The van der Waals surface area contributed by atoms with E-state index < -0.39 is 0 Å². The molecule has 1 amide bonds. The maximum Gasteiger partial charge on any atom is 0.223 e. The first kappa shape index (κ1) is 13.0. The van der Waals surface area contributed by atoms with Gasteiger partial charge in [-0.25, -0.2) is 0 Å². The Labute approximate surface area is 108 Å². The van der Waals surface area contributed by atoms with Crippen molar-refractivity contribution in [2.24, 2.45) is 11.7 Å². The summed E-state index contributed by atoms with van der Waals surface area (Å²) < 4.78 is 0. The lowest BCUT2D eigenvalue weighted by Gasteiger charge is -2.22. The number of carbonyl (C=O) groups is 1. The third-order valence-electron chi connectivity index (χ3n) is 3.34. The smallest absolute Gasteiger partial charge is 0.223 e. The van der Waals surface area contributed by atoms with E-state index in [0.717, 1.165) is 32.7 Å². The number of amides is 1. The van der Waals surface area contributed by atoms with Crippen LogP contribution in [0.25, 0.3) is 0 Å². The van der Waals surface area contributed by atoms with E-state index in [1.807, 2.05) is 19.3 Å². The van der Waals surface area contributed by atoms with Crippen LogP contribution in [-0.2, 0) is 11.3 Å². The Hall–Kier alpha value is -1.46. The molecule has 0 radical (unpaired) electrons. The van der Waals surface area contributed by atoms with Gasteiger partial charge >= 0.3 is 0 Å². The van der Waals surface area contributed by atoms with Gasteiger partial charge < -0.3 is 10.6 Å². The molecule has 0 aliphatic carbocycles. The highest BCUT2D eigenvalue weighted by Gasteiger charge is 2.24. The van der Waals surface area contributed by atoms with Gasteiger partial charge in [0.15, 0.2) is 0 Å². The normalized spacial score (nSPS) is 22.6. The van der Waals surface area contributed by atoms with Gasteiger partial charge in [-0.1, -0.05) is 6.07 Å². The van der Waals surface area contributed by atoms with Crippen molar-refractivity contribution in [2.45, 2.75) is 6.54 Å². The summed E-state index contributed by atoms with van der Waals surface area (Å²) in [4.78, 5) is 20.0. The molecule has 0 saturated carbocycles. The topological polar surface area (TPSA) is 62.5 Å². The molecule has 18 heavy (non-hydrogen) atoms. The van der Waals surface area contributed by atoms with Crippen molar-refractivity contribution in [2.75, 3.05) is 33.2 Å². The van der Waals surface area contributed by atoms with Gasteiger partial charge in [0.2, 0.25) is 5.91 Å². The zero-order chi connectivity index (χ0) is 13.0. The molecule has 1 aliphatic rings. The van der Waals surface area contributed by atoms with Crippen molar-refractivity contribution >= 4 is 5.91 Å². The summed E-state index contributed by atoms with van der Waals surface area (Å²) in [5.41, 5.74) is 6.62. The minimum atomic E-state index is -0.208. The Morgan fingerprint density at radius 2 is 2.33 bits per heavy atom. The maximum atomic E-state index is 11.4. The molecule has 98 valence electrons. The number of aromatic nitrogens is 1. The molecular weight excluding hydrogens is 228 g/mol. The van der Waals surface area contributed by atoms with Gasteiger partial charge in [0.25, 0.3) is 0 Å². The van der Waals surface area contributed by atoms with Crippen molar-refractivity contribution in [3.8, 4) is 0 Å². The standard InChI is InChI=1S/C13H20N4O/c1-16-5-6-17(10-12(9-16)13(14)18)8-11-3-2-4-15-7-11/h2-4,7,12H,5-6,8-10H2,1H3,(H2,14,18). The third kappa shape index (κ3) is 3.51. The second-order valence-corrected chi connectivity index (χ2v) is 4.96. The van der Waals surface area contributed by atoms with Crippen molar-refractivity contribution in [1.29, 1.82) is 0 Å². The van der Waals surface area contributed by atoms with Gasteiger partial charge in [0.1, 0.15) is 0 Å². The lowest BCUT2D eigenvalue weighted by atomic mass is 10.1. The molecule has 5 nitrogen and oxygen atoms in total. The van der Waals surface area contributed by atoms with Crippen LogP contribution >= 0.6 is 0 Å². The first-order chi connectivity index (χ1) is 8.65. The SMILES string of the molecule is CN1CCN(Cc2cccnc2)CC(C(N)=O)C1. The second kappa shape index (κ2) is 5.93. The lowest BCUT2D eigenvalue weighted by molar-refractivity contribution is -0.122. The first-order valence-corrected chi connectivity index (χ1v) is 6.24. The predicted molar refractivity (Wildman–Crippen MR) is 69.7 cm³/mol. The summed E-state index contributed by atoms with van der Waals surface area (Å²) in [7, 11) is 2.03. The Kier molecular flexibility index (Phi) is 4.28. The molecule has 2 N–H and O–H groups in total. The molecule has 1 unspecified atom stereocenters. The lowest BCUT2D eigenvalue weighted by Crippen LogP contribution is -2.37. The highest BCUT2D eigenvalue weighted by Crippen LogP contribution is 2.11. The van der Waals surface area contributed by atoms with Crippen LogP contribution in [0.5, 0.6) is 0 Å². The van der Waals surface area contributed by atoms with E-state index >= 15 is 0 Å². The summed E-state index contributed by atoms with van der Waals surface area (Å²) in [6, 6.07) is 3.99. The molecule has 0 bridgehead atoms. The van der Waals surface area contributed by atoms with Crippen molar-refractivity contribution in [3.63, 3.8) is 0 Å². The van der Waals surface area contributed by atoms with Crippen LogP contribution in [0.4, 0.5) is 0 Å². The van der Waals surface area contributed by atoms with E-state index in [-0.39, 0.29) is 11.8 Å². The molecule has 1 aliphatic heterocycles. The average molecular weight is 248 g/mol. The van der Waals surface area contributed by atoms with E-state index in [1.165, 1.54) is 5.56 Å². The van der Waals surface area contributed by atoms with Crippen LogP contribution in [-0.4, -0.2) is 53.9 Å². The Bertz CT molecular complexity index is 395. The molecule has 5 heteroatoms. The summed E-state index contributed by atoms with van der Waals surface area (Å²) in [6.07, 6.45) is 3.64.